The van der Waals surface area contributed by atoms with Crippen LogP contribution >= 0.6 is 11.6 Å². The van der Waals surface area contributed by atoms with Gasteiger partial charge in [-0.15, -0.1) is 0 Å². The first kappa shape index (κ1) is 14.7. The summed E-state index contributed by atoms with van der Waals surface area (Å²) in [5, 5.41) is 0.670. The molecule has 0 bridgehead atoms. The fraction of sp³-hybridized carbons (Fsp3) is 0.235. The quantitative estimate of drug-likeness (QED) is 0.862. The molecule has 0 fully saturated rings. The van der Waals surface area contributed by atoms with Crippen molar-refractivity contribution in [3.8, 4) is 11.5 Å². The number of nitrogens with zero attached hydrogens (tertiary/aromatic N) is 1. The first-order valence-electron chi connectivity index (χ1n) is 7.10. The number of carbonyl (C=O) groups is 1. The predicted molar refractivity (Wildman–Crippen MR) is 84.4 cm³/mol. The molecule has 0 radical (unpaired) electrons. The van der Waals surface area contributed by atoms with Gasteiger partial charge in [-0.25, -0.2) is 0 Å². The maximum absolute atomic E-state index is 12.7. The smallest absolute Gasteiger partial charge is 0.254 e. The molecule has 1 aliphatic heterocycles. The zero-order valence-corrected chi connectivity index (χ0v) is 13.0. The molecule has 5 heteroatoms. The lowest BCUT2D eigenvalue weighted by molar-refractivity contribution is 0.0752. The number of amides is 1. The van der Waals surface area contributed by atoms with Gasteiger partial charge in [0.25, 0.3) is 5.91 Å². The van der Waals surface area contributed by atoms with E-state index in [1.807, 2.05) is 31.2 Å². The summed E-state index contributed by atoms with van der Waals surface area (Å²) in [7, 11) is 0. The minimum absolute atomic E-state index is 0.0409. The summed E-state index contributed by atoms with van der Waals surface area (Å²) in [6, 6.07) is 12.8. The van der Waals surface area contributed by atoms with Crippen LogP contribution in [0.1, 0.15) is 22.8 Å². The van der Waals surface area contributed by atoms with Crippen molar-refractivity contribution in [2.75, 3.05) is 13.3 Å². The largest absolute Gasteiger partial charge is 0.454 e. The molecule has 1 heterocycles. The Bertz CT molecular complexity index is 702. The molecule has 3 rings (SSSR count). The number of carbonyl (C=O) groups excluding carboxylic acids is 1. The van der Waals surface area contributed by atoms with Gasteiger partial charge in [0.2, 0.25) is 6.79 Å². The Morgan fingerprint density at radius 1 is 1.18 bits per heavy atom. The lowest BCUT2D eigenvalue weighted by atomic mass is 10.1. The van der Waals surface area contributed by atoms with E-state index in [1.54, 1.807) is 23.1 Å². The fourth-order valence-electron chi connectivity index (χ4n) is 2.40. The number of benzene rings is 2. The topological polar surface area (TPSA) is 38.8 Å². The van der Waals surface area contributed by atoms with Crippen LogP contribution in [-0.2, 0) is 6.54 Å². The second kappa shape index (κ2) is 6.28. The third kappa shape index (κ3) is 3.02. The zero-order valence-electron chi connectivity index (χ0n) is 12.2. The first-order valence-corrected chi connectivity index (χ1v) is 7.48. The van der Waals surface area contributed by atoms with Gasteiger partial charge in [0.05, 0.1) is 0 Å². The molecule has 114 valence electrons. The average molecular weight is 318 g/mol. The monoisotopic (exact) mass is 317 g/mol. The minimum atomic E-state index is -0.0409. The number of ether oxygens (including phenoxy) is 2. The molecule has 0 atom stereocenters. The van der Waals surface area contributed by atoms with Gasteiger partial charge in [-0.2, -0.15) is 0 Å². The predicted octanol–water partition coefficient (Wildman–Crippen LogP) is 3.73. The van der Waals surface area contributed by atoms with Crippen LogP contribution in [0.2, 0.25) is 5.02 Å². The second-order valence-corrected chi connectivity index (χ2v) is 5.45. The van der Waals surface area contributed by atoms with Crippen LogP contribution in [0, 0.1) is 0 Å². The van der Waals surface area contributed by atoms with E-state index < -0.39 is 0 Å². The molecule has 0 N–H and O–H groups in total. The Kier molecular flexibility index (Phi) is 4.20. The van der Waals surface area contributed by atoms with Gasteiger partial charge in [0, 0.05) is 23.7 Å². The van der Waals surface area contributed by atoms with Crippen LogP contribution in [0.15, 0.2) is 42.5 Å². The molecular formula is C17H16ClNO3. The molecule has 0 saturated heterocycles. The molecule has 0 aromatic heterocycles. The number of fused-ring (bicyclic) bond motifs is 1. The van der Waals surface area contributed by atoms with Crippen molar-refractivity contribution in [1.82, 2.24) is 4.90 Å². The molecule has 0 spiro atoms. The van der Waals surface area contributed by atoms with E-state index in [4.69, 9.17) is 21.1 Å². The van der Waals surface area contributed by atoms with Gasteiger partial charge in [-0.3, -0.25) is 4.79 Å². The Balaban J connectivity index is 1.79. The van der Waals surface area contributed by atoms with E-state index in [0.717, 1.165) is 5.56 Å². The molecule has 0 aliphatic carbocycles. The van der Waals surface area contributed by atoms with Crippen LogP contribution in [-0.4, -0.2) is 24.1 Å². The third-order valence-corrected chi connectivity index (χ3v) is 3.79. The van der Waals surface area contributed by atoms with E-state index in [0.29, 0.717) is 35.2 Å². The Morgan fingerprint density at radius 3 is 2.77 bits per heavy atom. The average Bonchev–Trinajstić information content (AvgIpc) is 2.99. The van der Waals surface area contributed by atoms with Gasteiger partial charge in [-0.1, -0.05) is 23.7 Å². The number of halogens is 1. The van der Waals surface area contributed by atoms with Crippen molar-refractivity contribution in [3.63, 3.8) is 0 Å². The van der Waals surface area contributed by atoms with Crippen LogP contribution in [0.4, 0.5) is 0 Å². The highest BCUT2D eigenvalue weighted by molar-refractivity contribution is 6.30. The van der Waals surface area contributed by atoms with Gasteiger partial charge in [0.15, 0.2) is 11.5 Å². The van der Waals surface area contributed by atoms with E-state index >= 15 is 0 Å². The van der Waals surface area contributed by atoms with Crippen LogP contribution in [0.3, 0.4) is 0 Å². The van der Waals surface area contributed by atoms with E-state index in [1.165, 1.54) is 0 Å². The number of rotatable bonds is 4. The van der Waals surface area contributed by atoms with E-state index in [9.17, 15) is 4.79 Å². The van der Waals surface area contributed by atoms with Crippen molar-refractivity contribution in [2.45, 2.75) is 13.5 Å². The van der Waals surface area contributed by atoms with Crippen molar-refractivity contribution in [2.24, 2.45) is 0 Å². The van der Waals surface area contributed by atoms with Crippen molar-refractivity contribution >= 4 is 17.5 Å². The highest BCUT2D eigenvalue weighted by Crippen LogP contribution is 2.32. The molecule has 22 heavy (non-hydrogen) atoms. The van der Waals surface area contributed by atoms with Crippen LogP contribution in [0.5, 0.6) is 11.5 Å². The summed E-state index contributed by atoms with van der Waals surface area (Å²) in [6.07, 6.45) is 0. The highest BCUT2D eigenvalue weighted by atomic mass is 35.5. The van der Waals surface area contributed by atoms with Crippen molar-refractivity contribution in [1.29, 1.82) is 0 Å². The van der Waals surface area contributed by atoms with Crippen molar-refractivity contribution in [3.05, 3.63) is 58.6 Å². The summed E-state index contributed by atoms with van der Waals surface area (Å²) in [4.78, 5) is 14.4. The van der Waals surface area contributed by atoms with Gasteiger partial charge in [-0.05, 0) is 42.8 Å². The van der Waals surface area contributed by atoms with Gasteiger partial charge >= 0.3 is 0 Å². The number of hydrogen-bond donors (Lipinski definition) is 0. The molecule has 0 saturated carbocycles. The molecule has 1 amide bonds. The van der Waals surface area contributed by atoms with Crippen LogP contribution in [0.25, 0.3) is 0 Å². The summed E-state index contributed by atoms with van der Waals surface area (Å²) < 4.78 is 10.6. The van der Waals surface area contributed by atoms with E-state index in [-0.39, 0.29) is 12.7 Å². The summed E-state index contributed by atoms with van der Waals surface area (Å²) in [6.45, 7) is 3.28. The molecular weight excluding hydrogens is 302 g/mol. The summed E-state index contributed by atoms with van der Waals surface area (Å²) >= 11 is 6.00. The summed E-state index contributed by atoms with van der Waals surface area (Å²) in [5.74, 6) is 1.25. The molecule has 2 aromatic carbocycles. The molecule has 2 aromatic rings. The molecule has 4 nitrogen and oxygen atoms in total. The van der Waals surface area contributed by atoms with E-state index in [2.05, 4.69) is 0 Å². The lowest BCUT2D eigenvalue weighted by Gasteiger charge is -2.21. The first-order chi connectivity index (χ1) is 10.7. The normalized spacial score (nSPS) is 12.3. The fourth-order valence-corrected chi connectivity index (χ4v) is 2.61. The SMILES string of the molecule is CCN(Cc1cccc(Cl)c1)C(=O)c1ccc2c(c1)OCO2. The standard InChI is InChI=1S/C17H16ClNO3/c1-2-19(10-12-4-3-5-14(18)8-12)17(20)13-6-7-15-16(9-13)22-11-21-15/h3-9H,2,10-11H2,1H3. The minimum Gasteiger partial charge on any atom is -0.454 e. The Morgan fingerprint density at radius 2 is 2.00 bits per heavy atom. The van der Waals surface area contributed by atoms with Crippen molar-refractivity contribution < 1.29 is 14.3 Å². The maximum atomic E-state index is 12.7. The van der Waals surface area contributed by atoms with Gasteiger partial charge in [0.1, 0.15) is 0 Å². The third-order valence-electron chi connectivity index (χ3n) is 3.55. The Hall–Kier alpha value is -2.20. The molecule has 0 unspecified atom stereocenters. The number of hydrogen-bond acceptors (Lipinski definition) is 3. The summed E-state index contributed by atoms with van der Waals surface area (Å²) in [5.41, 5.74) is 1.59. The highest BCUT2D eigenvalue weighted by Gasteiger charge is 2.19. The maximum Gasteiger partial charge on any atom is 0.254 e. The second-order valence-electron chi connectivity index (χ2n) is 5.02. The van der Waals surface area contributed by atoms with Crippen LogP contribution < -0.4 is 9.47 Å². The zero-order chi connectivity index (χ0) is 15.5. The lowest BCUT2D eigenvalue weighted by Crippen LogP contribution is -2.30. The van der Waals surface area contributed by atoms with Gasteiger partial charge < -0.3 is 14.4 Å². The molecule has 1 aliphatic rings. The Labute approximate surface area is 134 Å².